The van der Waals surface area contributed by atoms with Crippen molar-refractivity contribution in [1.29, 1.82) is 0 Å². The molecule has 0 radical (unpaired) electrons. The normalized spacial score (nSPS) is 15.8. The van der Waals surface area contributed by atoms with Crippen molar-refractivity contribution in [2.75, 3.05) is 16.8 Å². The van der Waals surface area contributed by atoms with E-state index in [1.807, 2.05) is 39.0 Å². The highest BCUT2D eigenvalue weighted by Crippen LogP contribution is 2.36. The zero-order chi connectivity index (χ0) is 19.7. The number of amides is 2. The maximum atomic E-state index is 12.5. The molecule has 0 aromatic heterocycles. The van der Waals surface area contributed by atoms with E-state index in [4.69, 9.17) is 4.74 Å². The number of nitrogens with zero attached hydrogens (tertiary/aromatic N) is 1. The molecule has 0 spiro atoms. The number of aryl methyl sites for hydroxylation is 2. The largest absolute Gasteiger partial charge is 0.479 e. The maximum Gasteiger partial charge on any atom is 0.268 e. The van der Waals surface area contributed by atoms with Crippen LogP contribution >= 0.6 is 0 Å². The number of carbonyl (C=O) groups excluding carboxylic acids is 2. The second kappa shape index (κ2) is 7.27. The van der Waals surface area contributed by atoms with Gasteiger partial charge in [0.2, 0.25) is 0 Å². The number of fused-ring (bicyclic) bond motifs is 1. The highest BCUT2D eigenvalue weighted by atomic mass is 16.5. The van der Waals surface area contributed by atoms with Crippen LogP contribution in [0.4, 0.5) is 11.4 Å². The third-order valence-electron chi connectivity index (χ3n) is 4.62. The molecule has 3 rings (SSSR count). The van der Waals surface area contributed by atoms with Crippen molar-refractivity contribution < 1.29 is 14.3 Å². The summed E-state index contributed by atoms with van der Waals surface area (Å²) in [5.74, 6) is 0.287. The lowest BCUT2D eigenvalue weighted by Crippen LogP contribution is -2.45. The van der Waals surface area contributed by atoms with Gasteiger partial charge in [0.15, 0.2) is 6.10 Å². The van der Waals surface area contributed by atoms with Gasteiger partial charge in [0.25, 0.3) is 11.8 Å². The third-order valence-corrected chi connectivity index (χ3v) is 4.62. The average Bonchev–Trinajstić information content (AvgIpc) is 2.60. The fraction of sp³-hybridized carbons (Fsp3) is 0.273. The van der Waals surface area contributed by atoms with Gasteiger partial charge in [-0.25, -0.2) is 0 Å². The van der Waals surface area contributed by atoms with Gasteiger partial charge >= 0.3 is 0 Å². The summed E-state index contributed by atoms with van der Waals surface area (Å²) in [6.45, 7) is 11.9. The van der Waals surface area contributed by atoms with Crippen LogP contribution in [0.5, 0.6) is 5.75 Å². The molecule has 0 aliphatic carbocycles. The van der Waals surface area contributed by atoms with Gasteiger partial charge in [0, 0.05) is 23.9 Å². The van der Waals surface area contributed by atoms with E-state index in [1.165, 1.54) is 0 Å². The van der Waals surface area contributed by atoms with Gasteiger partial charge in [-0.2, -0.15) is 0 Å². The van der Waals surface area contributed by atoms with E-state index in [-0.39, 0.29) is 11.8 Å². The predicted molar refractivity (Wildman–Crippen MR) is 108 cm³/mol. The Balaban J connectivity index is 1.86. The number of benzene rings is 2. The Morgan fingerprint density at radius 2 is 1.93 bits per heavy atom. The second-order valence-electron chi connectivity index (χ2n) is 7.08. The van der Waals surface area contributed by atoms with Crippen LogP contribution in [0, 0.1) is 13.8 Å². The van der Waals surface area contributed by atoms with Crippen molar-refractivity contribution in [2.24, 2.45) is 0 Å². The van der Waals surface area contributed by atoms with Gasteiger partial charge in [0.05, 0.1) is 5.69 Å². The summed E-state index contributed by atoms with van der Waals surface area (Å²) in [5, 5.41) is 2.90. The molecule has 1 aliphatic rings. The van der Waals surface area contributed by atoms with Crippen molar-refractivity contribution in [3.63, 3.8) is 0 Å². The highest BCUT2D eigenvalue weighted by Gasteiger charge is 2.31. The van der Waals surface area contributed by atoms with Crippen LogP contribution in [0.3, 0.4) is 0 Å². The molecule has 0 bridgehead atoms. The molecule has 0 fully saturated rings. The van der Waals surface area contributed by atoms with Gasteiger partial charge in [-0.15, -0.1) is 0 Å². The summed E-state index contributed by atoms with van der Waals surface area (Å²) in [6.07, 6.45) is -0.581. The minimum atomic E-state index is -0.581. The fourth-order valence-electron chi connectivity index (χ4n) is 3.01. The molecule has 2 aromatic rings. The zero-order valence-corrected chi connectivity index (χ0v) is 16.1. The van der Waals surface area contributed by atoms with Gasteiger partial charge < -0.3 is 15.0 Å². The number of hydrogen-bond donors (Lipinski definition) is 1. The molecule has 0 saturated carbocycles. The Morgan fingerprint density at radius 1 is 1.19 bits per heavy atom. The van der Waals surface area contributed by atoms with Crippen molar-refractivity contribution in [3.8, 4) is 5.75 Å². The first kappa shape index (κ1) is 18.7. The molecule has 2 amide bonds. The van der Waals surface area contributed by atoms with E-state index in [0.717, 1.165) is 16.7 Å². The van der Waals surface area contributed by atoms with Crippen LogP contribution < -0.4 is 15.0 Å². The summed E-state index contributed by atoms with van der Waals surface area (Å²) in [5.41, 5.74) is 5.00. The topological polar surface area (TPSA) is 58.6 Å². The molecule has 1 aliphatic heterocycles. The molecule has 0 saturated heterocycles. The average molecular weight is 364 g/mol. The molecule has 5 heteroatoms. The molecule has 1 heterocycles. The summed E-state index contributed by atoms with van der Waals surface area (Å²) in [4.78, 5) is 26.6. The number of carbonyl (C=O) groups is 2. The van der Waals surface area contributed by atoms with E-state index in [9.17, 15) is 9.59 Å². The van der Waals surface area contributed by atoms with Gasteiger partial charge in [-0.3, -0.25) is 9.59 Å². The van der Waals surface area contributed by atoms with E-state index in [2.05, 4.69) is 11.9 Å². The number of anilines is 2. The Hall–Kier alpha value is -3.08. The molecule has 27 heavy (non-hydrogen) atoms. The summed E-state index contributed by atoms with van der Waals surface area (Å²) >= 11 is 0. The number of hydrogen-bond acceptors (Lipinski definition) is 3. The SMILES string of the molecule is C=C(C)CN1C(=O)C(C)Oc2cc(NC(=O)c3ccc(C)c(C)c3)ccc21. The van der Waals surface area contributed by atoms with Crippen LogP contribution in [0.2, 0.25) is 0 Å². The van der Waals surface area contributed by atoms with Crippen LogP contribution in [-0.4, -0.2) is 24.5 Å². The number of rotatable bonds is 4. The Bertz CT molecular complexity index is 933. The molecular formula is C22H24N2O3. The van der Waals surface area contributed by atoms with Gasteiger partial charge in [0.1, 0.15) is 5.75 Å². The standard InChI is InChI=1S/C22H24N2O3/c1-13(2)12-24-19-9-8-18(11-20(19)27-16(5)22(24)26)23-21(25)17-7-6-14(3)15(4)10-17/h6-11,16H,1,12H2,2-5H3,(H,23,25). The van der Waals surface area contributed by atoms with Crippen LogP contribution in [-0.2, 0) is 4.79 Å². The second-order valence-corrected chi connectivity index (χ2v) is 7.08. The summed E-state index contributed by atoms with van der Waals surface area (Å²) in [7, 11) is 0. The Labute approximate surface area is 159 Å². The minimum Gasteiger partial charge on any atom is -0.479 e. The molecule has 2 aromatic carbocycles. The van der Waals surface area contributed by atoms with Crippen LogP contribution in [0.15, 0.2) is 48.6 Å². The molecule has 5 nitrogen and oxygen atoms in total. The first-order chi connectivity index (χ1) is 12.8. The van der Waals surface area contributed by atoms with Crippen molar-refractivity contribution >= 4 is 23.2 Å². The lowest BCUT2D eigenvalue weighted by atomic mass is 10.1. The monoisotopic (exact) mass is 364 g/mol. The van der Waals surface area contributed by atoms with Crippen molar-refractivity contribution in [1.82, 2.24) is 0 Å². The Morgan fingerprint density at radius 3 is 2.59 bits per heavy atom. The summed E-state index contributed by atoms with van der Waals surface area (Å²) < 4.78 is 5.75. The number of nitrogens with one attached hydrogen (secondary N) is 1. The molecular weight excluding hydrogens is 340 g/mol. The maximum absolute atomic E-state index is 12.5. The quantitative estimate of drug-likeness (QED) is 0.825. The lowest BCUT2D eigenvalue weighted by Gasteiger charge is -2.33. The molecule has 1 N–H and O–H groups in total. The first-order valence-corrected chi connectivity index (χ1v) is 8.91. The van der Waals surface area contributed by atoms with E-state index in [1.54, 1.807) is 30.0 Å². The third kappa shape index (κ3) is 3.87. The smallest absolute Gasteiger partial charge is 0.268 e. The lowest BCUT2D eigenvalue weighted by molar-refractivity contribution is -0.125. The predicted octanol–water partition coefficient (Wildman–Crippen LogP) is 4.25. The fourth-order valence-corrected chi connectivity index (χ4v) is 3.01. The van der Waals surface area contributed by atoms with E-state index in [0.29, 0.717) is 29.2 Å². The van der Waals surface area contributed by atoms with Gasteiger partial charge in [-0.1, -0.05) is 18.2 Å². The molecule has 1 atom stereocenters. The van der Waals surface area contributed by atoms with E-state index >= 15 is 0 Å². The summed E-state index contributed by atoms with van der Waals surface area (Å²) in [6, 6.07) is 10.9. The van der Waals surface area contributed by atoms with Crippen LogP contribution in [0.25, 0.3) is 0 Å². The number of ether oxygens (including phenoxy) is 1. The van der Waals surface area contributed by atoms with Crippen molar-refractivity contribution in [2.45, 2.75) is 33.8 Å². The first-order valence-electron chi connectivity index (χ1n) is 8.91. The highest BCUT2D eigenvalue weighted by molar-refractivity contribution is 6.05. The Kier molecular flexibility index (Phi) is 5.04. The zero-order valence-electron chi connectivity index (χ0n) is 16.1. The minimum absolute atomic E-state index is 0.0996. The van der Waals surface area contributed by atoms with Gasteiger partial charge in [-0.05, 0) is 63.1 Å². The van der Waals surface area contributed by atoms with Crippen LogP contribution in [0.1, 0.15) is 35.3 Å². The molecule has 140 valence electrons. The molecule has 1 unspecified atom stereocenters. The van der Waals surface area contributed by atoms with E-state index < -0.39 is 6.10 Å². The van der Waals surface area contributed by atoms with Crippen molar-refractivity contribution in [3.05, 3.63) is 65.2 Å².